The van der Waals surface area contributed by atoms with Crippen LogP contribution in [0.25, 0.3) is 0 Å². The molecule has 0 radical (unpaired) electrons. The zero-order valence-corrected chi connectivity index (χ0v) is 12.9. The minimum absolute atomic E-state index is 0.138. The molecule has 2 unspecified atom stereocenters. The summed E-state index contributed by atoms with van der Waals surface area (Å²) < 4.78 is 5.40. The van der Waals surface area contributed by atoms with Crippen LogP contribution in [0.2, 0.25) is 0 Å². The molecule has 1 fully saturated rings. The number of carbonyl (C=O) groups excluding carboxylic acids is 2. The van der Waals surface area contributed by atoms with Crippen molar-refractivity contribution in [2.24, 2.45) is 0 Å². The summed E-state index contributed by atoms with van der Waals surface area (Å²) in [7, 11) is 1.28. The van der Waals surface area contributed by atoms with E-state index in [1.54, 1.807) is 12.1 Å². The first kappa shape index (κ1) is 15.0. The van der Waals surface area contributed by atoms with Gasteiger partial charge in [-0.2, -0.15) is 0 Å². The van der Waals surface area contributed by atoms with E-state index in [4.69, 9.17) is 4.74 Å². The summed E-state index contributed by atoms with van der Waals surface area (Å²) in [5.74, 6) is -0.786. The lowest BCUT2D eigenvalue weighted by atomic mass is 10.1. The predicted molar refractivity (Wildman–Crippen MR) is 76.3 cm³/mol. The van der Waals surface area contributed by atoms with E-state index in [2.05, 4.69) is 15.9 Å². The number of aliphatic hydroxyl groups is 1. The molecule has 5 nitrogen and oxygen atoms in total. The SMILES string of the molecule is COC(=O)C1CC(O)CN1C(=O)c1cccc(C)c1Br. The largest absolute Gasteiger partial charge is 0.467 e. The molecule has 1 aliphatic heterocycles. The van der Waals surface area contributed by atoms with Crippen LogP contribution in [-0.2, 0) is 9.53 Å². The Morgan fingerprint density at radius 1 is 1.45 bits per heavy atom. The number of amides is 1. The Kier molecular flexibility index (Phi) is 4.45. The average molecular weight is 342 g/mol. The number of likely N-dealkylation sites (tertiary alicyclic amines) is 1. The Labute approximate surface area is 125 Å². The molecule has 1 N–H and O–H groups in total. The van der Waals surface area contributed by atoms with Crippen molar-refractivity contribution in [3.05, 3.63) is 33.8 Å². The molecule has 1 aromatic rings. The quantitative estimate of drug-likeness (QED) is 0.828. The second-order valence-electron chi connectivity index (χ2n) is 4.82. The number of methoxy groups -OCH3 is 1. The molecular formula is C14H16BrNO4. The van der Waals surface area contributed by atoms with Crippen LogP contribution in [0, 0.1) is 6.92 Å². The maximum atomic E-state index is 12.6. The van der Waals surface area contributed by atoms with Gasteiger partial charge in [0.25, 0.3) is 5.91 Å². The zero-order chi connectivity index (χ0) is 14.9. The molecule has 0 saturated carbocycles. The van der Waals surface area contributed by atoms with Crippen molar-refractivity contribution in [2.75, 3.05) is 13.7 Å². The van der Waals surface area contributed by atoms with Crippen LogP contribution in [0.4, 0.5) is 0 Å². The normalized spacial score (nSPS) is 21.9. The highest BCUT2D eigenvalue weighted by Gasteiger charge is 2.40. The molecule has 1 aromatic carbocycles. The summed E-state index contributed by atoms with van der Waals surface area (Å²) in [6, 6.07) is 4.64. The van der Waals surface area contributed by atoms with Gasteiger partial charge in [0.1, 0.15) is 6.04 Å². The molecule has 1 amide bonds. The summed E-state index contributed by atoms with van der Waals surface area (Å²) >= 11 is 3.39. The van der Waals surface area contributed by atoms with Gasteiger partial charge < -0.3 is 14.7 Å². The minimum atomic E-state index is -0.727. The monoisotopic (exact) mass is 341 g/mol. The zero-order valence-electron chi connectivity index (χ0n) is 11.3. The number of hydrogen-bond donors (Lipinski definition) is 1. The van der Waals surface area contributed by atoms with Gasteiger partial charge >= 0.3 is 5.97 Å². The number of benzene rings is 1. The van der Waals surface area contributed by atoms with Gasteiger partial charge in [0.2, 0.25) is 0 Å². The first-order chi connectivity index (χ1) is 9.45. The van der Waals surface area contributed by atoms with E-state index >= 15 is 0 Å². The van der Waals surface area contributed by atoms with E-state index in [9.17, 15) is 14.7 Å². The van der Waals surface area contributed by atoms with Crippen LogP contribution in [0.1, 0.15) is 22.3 Å². The van der Waals surface area contributed by atoms with Gasteiger partial charge in [0.15, 0.2) is 0 Å². The molecule has 2 atom stereocenters. The maximum Gasteiger partial charge on any atom is 0.328 e. The maximum absolute atomic E-state index is 12.6. The first-order valence-corrected chi connectivity index (χ1v) is 7.07. The molecular weight excluding hydrogens is 326 g/mol. The summed E-state index contributed by atoms with van der Waals surface area (Å²) in [6.45, 7) is 2.02. The number of halogens is 1. The Hall–Kier alpha value is -1.40. The van der Waals surface area contributed by atoms with E-state index in [0.29, 0.717) is 10.0 Å². The molecule has 0 aliphatic carbocycles. The lowest BCUT2D eigenvalue weighted by Gasteiger charge is -2.23. The average Bonchev–Trinajstić information content (AvgIpc) is 2.82. The Morgan fingerprint density at radius 3 is 2.80 bits per heavy atom. The fourth-order valence-electron chi connectivity index (χ4n) is 2.37. The smallest absolute Gasteiger partial charge is 0.328 e. The Balaban J connectivity index is 2.31. The molecule has 0 bridgehead atoms. The number of esters is 1. The van der Waals surface area contributed by atoms with E-state index in [1.807, 2.05) is 13.0 Å². The highest BCUT2D eigenvalue weighted by Crippen LogP contribution is 2.27. The molecule has 1 saturated heterocycles. The first-order valence-electron chi connectivity index (χ1n) is 6.27. The fourth-order valence-corrected chi connectivity index (χ4v) is 2.80. The molecule has 0 aromatic heterocycles. The third-order valence-electron chi connectivity index (χ3n) is 3.44. The van der Waals surface area contributed by atoms with Gasteiger partial charge in [0.05, 0.1) is 18.8 Å². The number of ether oxygens (including phenoxy) is 1. The number of aryl methyl sites for hydroxylation is 1. The second kappa shape index (κ2) is 5.93. The predicted octanol–water partition coefficient (Wildman–Crippen LogP) is 1.51. The Bertz CT molecular complexity index is 546. The van der Waals surface area contributed by atoms with E-state index < -0.39 is 18.1 Å². The van der Waals surface area contributed by atoms with Crippen LogP contribution in [0.15, 0.2) is 22.7 Å². The fraction of sp³-hybridized carbons (Fsp3) is 0.429. The van der Waals surface area contributed by atoms with Crippen molar-refractivity contribution >= 4 is 27.8 Å². The third kappa shape index (κ3) is 2.71. The van der Waals surface area contributed by atoms with Crippen LogP contribution in [0.5, 0.6) is 0 Å². The number of hydrogen-bond acceptors (Lipinski definition) is 4. The van der Waals surface area contributed by atoms with Gasteiger partial charge in [-0.05, 0) is 34.5 Å². The van der Waals surface area contributed by atoms with Crippen LogP contribution in [-0.4, -0.2) is 47.7 Å². The van der Waals surface area contributed by atoms with E-state index in [1.165, 1.54) is 12.0 Å². The van der Waals surface area contributed by atoms with Gasteiger partial charge in [-0.25, -0.2) is 4.79 Å². The molecule has 1 heterocycles. The van der Waals surface area contributed by atoms with Crippen molar-refractivity contribution in [1.82, 2.24) is 4.90 Å². The number of nitrogens with zero attached hydrogens (tertiary/aromatic N) is 1. The van der Waals surface area contributed by atoms with Crippen molar-refractivity contribution in [3.8, 4) is 0 Å². The van der Waals surface area contributed by atoms with E-state index in [-0.39, 0.29) is 18.9 Å². The van der Waals surface area contributed by atoms with Crippen molar-refractivity contribution in [2.45, 2.75) is 25.5 Å². The number of β-amino-alcohol motifs (C(OH)–C–C–N with tert-alkyl or cyclic N) is 1. The number of aliphatic hydroxyl groups excluding tert-OH is 1. The van der Waals surface area contributed by atoms with Crippen LogP contribution < -0.4 is 0 Å². The van der Waals surface area contributed by atoms with Gasteiger partial charge in [-0.1, -0.05) is 12.1 Å². The molecule has 20 heavy (non-hydrogen) atoms. The van der Waals surface area contributed by atoms with Crippen molar-refractivity contribution < 1.29 is 19.4 Å². The lowest BCUT2D eigenvalue weighted by Crippen LogP contribution is -2.41. The highest BCUT2D eigenvalue weighted by atomic mass is 79.9. The van der Waals surface area contributed by atoms with Crippen molar-refractivity contribution in [1.29, 1.82) is 0 Å². The molecule has 1 aliphatic rings. The van der Waals surface area contributed by atoms with Crippen molar-refractivity contribution in [3.63, 3.8) is 0 Å². The van der Waals surface area contributed by atoms with Crippen LogP contribution in [0.3, 0.4) is 0 Å². The molecule has 6 heteroatoms. The number of carbonyl (C=O) groups is 2. The summed E-state index contributed by atoms with van der Waals surface area (Å²) in [5.41, 5.74) is 1.42. The summed E-state index contributed by atoms with van der Waals surface area (Å²) in [6.07, 6.45) is -0.492. The topological polar surface area (TPSA) is 66.8 Å². The Morgan fingerprint density at radius 2 is 2.15 bits per heavy atom. The van der Waals surface area contributed by atoms with Gasteiger partial charge in [-0.3, -0.25) is 4.79 Å². The van der Waals surface area contributed by atoms with Gasteiger partial charge in [0, 0.05) is 17.4 Å². The standard InChI is InChI=1S/C14H16BrNO4/c1-8-4-3-5-10(12(8)15)13(18)16-7-9(17)6-11(16)14(19)20-2/h3-5,9,11,17H,6-7H2,1-2H3. The molecule has 0 spiro atoms. The third-order valence-corrected chi connectivity index (χ3v) is 4.49. The summed E-state index contributed by atoms with van der Waals surface area (Å²) in [5, 5.41) is 9.72. The van der Waals surface area contributed by atoms with Gasteiger partial charge in [-0.15, -0.1) is 0 Å². The lowest BCUT2D eigenvalue weighted by molar-refractivity contribution is -0.145. The molecule has 108 valence electrons. The minimum Gasteiger partial charge on any atom is -0.467 e. The molecule has 2 rings (SSSR count). The number of rotatable bonds is 2. The summed E-state index contributed by atoms with van der Waals surface area (Å²) in [4.78, 5) is 25.7. The highest BCUT2D eigenvalue weighted by molar-refractivity contribution is 9.10. The second-order valence-corrected chi connectivity index (χ2v) is 5.62. The van der Waals surface area contributed by atoms with Crippen LogP contribution >= 0.6 is 15.9 Å². The van der Waals surface area contributed by atoms with E-state index in [0.717, 1.165) is 5.56 Å².